The largest absolute Gasteiger partial charge is 0.354 e. The maximum Gasteiger partial charge on any atom is 0.0471 e. The first-order chi connectivity index (χ1) is 8.81. The van der Waals surface area contributed by atoms with Crippen LogP contribution in [0.4, 0.5) is 0 Å². The molecule has 0 saturated carbocycles. The Morgan fingerprint density at radius 1 is 0.722 bits per heavy atom. The smallest absolute Gasteiger partial charge is 0.0471 e. The van der Waals surface area contributed by atoms with Gasteiger partial charge in [0.1, 0.15) is 0 Å². The molecule has 18 heavy (non-hydrogen) atoms. The zero-order valence-electron chi connectivity index (χ0n) is 9.57. The summed E-state index contributed by atoms with van der Waals surface area (Å²) in [6.07, 6.45) is 0. The Hall–Kier alpha value is -1.99. The van der Waals surface area contributed by atoms with Crippen LogP contribution in [0.15, 0.2) is 54.6 Å². The molecule has 1 aromatic heterocycles. The summed E-state index contributed by atoms with van der Waals surface area (Å²) in [6.45, 7) is 0. The van der Waals surface area contributed by atoms with E-state index in [2.05, 4.69) is 41.4 Å². The molecule has 0 aliphatic heterocycles. The van der Waals surface area contributed by atoms with E-state index in [0.717, 1.165) is 5.02 Å². The van der Waals surface area contributed by atoms with Crippen molar-refractivity contribution in [2.45, 2.75) is 0 Å². The van der Waals surface area contributed by atoms with E-state index in [1.54, 1.807) is 0 Å². The highest BCUT2D eigenvalue weighted by Crippen LogP contribution is 2.30. The number of fused-ring (bicyclic) bond motifs is 4. The van der Waals surface area contributed by atoms with Crippen molar-refractivity contribution in [3.63, 3.8) is 0 Å². The minimum atomic E-state index is 0.779. The lowest BCUT2D eigenvalue weighted by Crippen LogP contribution is -1.74. The molecule has 4 rings (SSSR count). The number of aromatic nitrogens is 1. The van der Waals surface area contributed by atoms with Gasteiger partial charge >= 0.3 is 0 Å². The van der Waals surface area contributed by atoms with E-state index >= 15 is 0 Å². The number of rotatable bonds is 0. The Kier molecular flexibility index (Phi) is 1.94. The molecule has 0 saturated heterocycles. The molecule has 0 radical (unpaired) electrons. The SMILES string of the molecule is Clc1ccc2cc3[nH]c4ccccc4c3cc2c1. The van der Waals surface area contributed by atoms with E-state index in [1.807, 2.05) is 18.2 Å². The van der Waals surface area contributed by atoms with Crippen molar-refractivity contribution in [3.05, 3.63) is 59.6 Å². The van der Waals surface area contributed by atoms with Gasteiger partial charge in [-0.3, -0.25) is 0 Å². The van der Waals surface area contributed by atoms with E-state index in [9.17, 15) is 0 Å². The Bertz CT molecular complexity index is 889. The van der Waals surface area contributed by atoms with Crippen molar-refractivity contribution in [3.8, 4) is 0 Å². The van der Waals surface area contributed by atoms with Gasteiger partial charge in [0.15, 0.2) is 0 Å². The fourth-order valence-electron chi connectivity index (χ4n) is 2.57. The van der Waals surface area contributed by atoms with Crippen LogP contribution in [-0.4, -0.2) is 4.98 Å². The maximum absolute atomic E-state index is 6.05. The van der Waals surface area contributed by atoms with Crippen LogP contribution in [0.5, 0.6) is 0 Å². The Morgan fingerprint density at radius 3 is 2.56 bits per heavy atom. The highest BCUT2D eigenvalue weighted by molar-refractivity contribution is 6.31. The van der Waals surface area contributed by atoms with Gasteiger partial charge in [0.05, 0.1) is 0 Å². The normalized spacial score (nSPS) is 11.6. The van der Waals surface area contributed by atoms with Crippen LogP contribution in [0.25, 0.3) is 32.6 Å². The van der Waals surface area contributed by atoms with Crippen LogP contribution >= 0.6 is 11.6 Å². The van der Waals surface area contributed by atoms with Gasteiger partial charge in [0, 0.05) is 26.8 Å². The van der Waals surface area contributed by atoms with E-state index in [1.165, 1.54) is 32.6 Å². The number of H-pyrrole nitrogens is 1. The third-order valence-corrected chi connectivity index (χ3v) is 3.66. The summed E-state index contributed by atoms with van der Waals surface area (Å²) >= 11 is 6.05. The molecule has 0 fully saturated rings. The second-order valence-electron chi connectivity index (χ2n) is 4.56. The number of hydrogen-bond acceptors (Lipinski definition) is 0. The third kappa shape index (κ3) is 1.34. The highest BCUT2D eigenvalue weighted by Gasteiger charge is 2.05. The number of para-hydroxylation sites is 1. The van der Waals surface area contributed by atoms with Gasteiger partial charge in [0.25, 0.3) is 0 Å². The lowest BCUT2D eigenvalue weighted by molar-refractivity contribution is 1.55. The zero-order chi connectivity index (χ0) is 12.1. The van der Waals surface area contributed by atoms with Crippen molar-refractivity contribution in [2.24, 2.45) is 0 Å². The van der Waals surface area contributed by atoms with Gasteiger partial charge in [0.2, 0.25) is 0 Å². The molecule has 1 nitrogen and oxygen atoms in total. The summed E-state index contributed by atoms with van der Waals surface area (Å²) in [5.41, 5.74) is 2.35. The minimum absolute atomic E-state index is 0.779. The first-order valence-corrected chi connectivity index (χ1v) is 6.29. The summed E-state index contributed by atoms with van der Waals surface area (Å²) in [5, 5.41) is 5.68. The summed E-state index contributed by atoms with van der Waals surface area (Å²) in [7, 11) is 0. The third-order valence-electron chi connectivity index (χ3n) is 3.43. The van der Waals surface area contributed by atoms with Gasteiger partial charge in [-0.25, -0.2) is 0 Å². The van der Waals surface area contributed by atoms with Crippen molar-refractivity contribution >= 4 is 44.2 Å². The van der Waals surface area contributed by atoms with Crippen LogP contribution < -0.4 is 0 Å². The van der Waals surface area contributed by atoms with Crippen molar-refractivity contribution in [1.29, 1.82) is 0 Å². The van der Waals surface area contributed by atoms with Gasteiger partial charge in [-0.15, -0.1) is 0 Å². The number of benzene rings is 3. The molecular formula is C16H10ClN. The molecule has 0 spiro atoms. The molecular weight excluding hydrogens is 242 g/mol. The number of aromatic amines is 1. The van der Waals surface area contributed by atoms with Crippen LogP contribution in [-0.2, 0) is 0 Å². The quantitative estimate of drug-likeness (QED) is 0.446. The second kappa shape index (κ2) is 3.50. The van der Waals surface area contributed by atoms with E-state index in [4.69, 9.17) is 11.6 Å². The fourth-order valence-corrected chi connectivity index (χ4v) is 2.75. The molecule has 86 valence electrons. The Labute approximate surface area is 109 Å². The average Bonchev–Trinajstić information content (AvgIpc) is 2.74. The van der Waals surface area contributed by atoms with Gasteiger partial charge in [-0.2, -0.15) is 0 Å². The highest BCUT2D eigenvalue weighted by atomic mass is 35.5. The molecule has 0 aliphatic carbocycles. The number of halogens is 1. The predicted octanol–water partition coefficient (Wildman–Crippen LogP) is 5.13. The van der Waals surface area contributed by atoms with Crippen LogP contribution in [0.3, 0.4) is 0 Å². The minimum Gasteiger partial charge on any atom is -0.354 e. The van der Waals surface area contributed by atoms with E-state index < -0.39 is 0 Å². The molecule has 0 aliphatic rings. The summed E-state index contributed by atoms with van der Waals surface area (Å²) < 4.78 is 0. The molecule has 3 aromatic carbocycles. The molecule has 2 heteroatoms. The molecule has 0 unspecified atom stereocenters. The molecule has 0 amide bonds. The lowest BCUT2D eigenvalue weighted by Gasteiger charge is -1.99. The molecule has 0 bridgehead atoms. The van der Waals surface area contributed by atoms with Crippen LogP contribution in [0.1, 0.15) is 0 Å². The van der Waals surface area contributed by atoms with Crippen molar-refractivity contribution in [2.75, 3.05) is 0 Å². The first-order valence-electron chi connectivity index (χ1n) is 5.91. The van der Waals surface area contributed by atoms with Crippen molar-refractivity contribution in [1.82, 2.24) is 4.98 Å². The summed E-state index contributed by atoms with van der Waals surface area (Å²) in [5.74, 6) is 0. The Morgan fingerprint density at radius 2 is 1.61 bits per heavy atom. The zero-order valence-corrected chi connectivity index (χ0v) is 10.3. The molecule has 1 N–H and O–H groups in total. The first kappa shape index (κ1) is 9.98. The standard InChI is InChI=1S/C16H10ClN/c17-12-6-5-10-9-16-14(8-11(10)7-12)13-3-1-2-4-15(13)18-16/h1-9,18H. The fraction of sp³-hybridized carbons (Fsp3) is 0. The van der Waals surface area contributed by atoms with Crippen molar-refractivity contribution < 1.29 is 0 Å². The molecule has 4 aromatic rings. The maximum atomic E-state index is 6.05. The van der Waals surface area contributed by atoms with Crippen LogP contribution in [0, 0.1) is 0 Å². The summed E-state index contributed by atoms with van der Waals surface area (Å²) in [4.78, 5) is 3.45. The molecule has 0 atom stereocenters. The van der Waals surface area contributed by atoms with E-state index in [0.29, 0.717) is 0 Å². The van der Waals surface area contributed by atoms with Gasteiger partial charge < -0.3 is 4.98 Å². The molecule has 1 heterocycles. The predicted molar refractivity (Wildman–Crippen MR) is 78.3 cm³/mol. The van der Waals surface area contributed by atoms with E-state index in [-0.39, 0.29) is 0 Å². The number of hydrogen-bond donors (Lipinski definition) is 1. The van der Waals surface area contributed by atoms with Gasteiger partial charge in [-0.05, 0) is 41.1 Å². The number of nitrogens with one attached hydrogen (secondary N) is 1. The summed E-state index contributed by atoms with van der Waals surface area (Å²) in [6, 6.07) is 18.7. The monoisotopic (exact) mass is 251 g/mol. The van der Waals surface area contributed by atoms with Gasteiger partial charge in [-0.1, -0.05) is 35.9 Å². The topological polar surface area (TPSA) is 15.8 Å². The Balaban J connectivity index is 2.24. The lowest BCUT2D eigenvalue weighted by atomic mass is 10.1. The average molecular weight is 252 g/mol. The second-order valence-corrected chi connectivity index (χ2v) is 5.00. The van der Waals surface area contributed by atoms with Crippen LogP contribution in [0.2, 0.25) is 5.02 Å².